The highest BCUT2D eigenvalue weighted by molar-refractivity contribution is 7.89. The van der Waals surface area contributed by atoms with Crippen LogP contribution in [0.3, 0.4) is 0 Å². The lowest BCUT2D eigenvalue weighted by atomic mass is 10.0. The molecule has 1 aliphatic carbocycles. The van der Waals surface area contributed by atoms with Gasteiger partial charge in [0.2, 0.25) is 15.5 Å². The van der Waals surface area contributed by atoms with Crippen molar-refractivity contribution in [3.63, 3.8) is 0 Å². The van der Waals surface area contributed by atoms with Gasteiger partial charge in [-0.2, -0.15) is 0 Å². The lowest BCUT2D eigenvalue weighted by Gasteiger charge is -2.14. The number of H-pyrrole nitrogens is 1. The molecule has 1 fully saturated rings. The maximum atomic E-state index is 11.9. The molecule has 0 spiro atoms. The molecule has 1 aromatic rings. The number of rotatable bonds is 6. The quantitative estimate of drug-likeness (QED) is 0.668. The van der Waals surface area contributed by atoms with Crippen LogP contribution in [0.15, 0.2) is 28.2 Å². The monoisotopic (exact) mass is 272 g/mol. The summed E-state index contributed by atoms with van der Waals surface area (Å²) in [6.07, 6.45) is 4.95. The van der Waals surface area contributed by atoms with Gasteiger partial charge in [-0.1, -0.05) is 0 Å². The average Bonchev–Trinajstić information content (AvgIpc) is 3.08. The van der Waals surface area contributed by atoms with E-state index >= 15 is 0 Å². The number of sulfonamides is 1. The van der Waals surface area contributed by atoms with Crippen molar-refractivity contribution in [3.8, 4) is 0 Å². The van der Waals surface area contributed by atoms with Crippen LogP contribution in [0, 0.1) is 5.41 Å². The predicted molar refractivity (Wildman–Crippen MR) is 65.6 cm³/mol. The maximum Gasteiger partial charge on any atom is 0.245 e. The Bertz CT molecular complexity index is 575. The van der Waals surface area contributed by atoms with Crippen molar-refractivity contribution in [1.82, 2.24) is 9.71 Å². The summed E-state index contributed by atoms with van der Waals surface area (Å²) in [5.41, 5.74) is -0.656. The van der Waals surface area contributed by atoms with E-state index in [4.69, 9.17) is 5.11 Å². The number of pyridine rings is 1. The zero-order valence-corrected chi connectivity index (χ0v) is 10.7. The van der Waals surface area contributed by atoms with E-state index in [0.29, 0.717) is 6.42 Å². The van der Waals surface area contributed by atoms with Gasteiger partial charge in [0.05, 0.1) is 0 Å². The van der Waals surface area contributed by atoms with Crippen LogP contribution in [0.25, 0.3) is 0 Å². The van der Waals surface area contributed by atoms with Gasteiger partial charge in [-0.05, 0) is 24.7 Å². The number of aromatic nitrogens is 1. The second kappa shape index (κ2) is 4.83. The summed E-state index contributed by atoms with van der Waals surface area (Å²) in [6, 6.07) is 1.18. The third-order valence-electron chi connectivity index (χ3n) is 3.31. The Kier molecular flexibility index (Phi) is 3.56. The van der Waals surface area contributed by atoms with Crippen LogP contribution >= 0.6 is 0 Å². The fourth-order valence-electron chi connectivity index (χ4n) is 1.87. The zero-order valence-electron chi connectivity index (χ0n) is 9.85. The number of aliphatic hydroxyl groups is 1. The molecule has 1 saturated carbocycles. The summed E-state index contributed by atoms with van der Waals surface area (Å²) in [5, 5.41) is 8.90. The Morgan fingerprint density at radius 2 is 2.17 bits per heavy atom. The molecule has 18 heavy (non-hydrogen) atoms. The molecular formula is C11H16N2O4S. The first-order valence-corrected chi connectivity index (χ1v) is 7.25. The van der Waals surface area contributed by atoms with Crippen LogP contribution < -0.4 is 10.2 Å². The molecule has 0 unspecified atom stereocenters. The number of aromatic amines is 1. The van der Waals surface area contributed by atoms with Gasteiger partial charge in [0.15, 0.2) is 0 Å². The highest BCUT2D eigenvalue weighted by Gasteiger charge is 2.42. The van der Waals surface area contributed by atoms with Crippen molar-refractivity contribution in [3.05, 3.63) is 28.7 Å². The average molecular weight is 272 g/mol. The first-order valence-electron chi connectivity index (χ1n) is 5.77. The van der Waals surface area contributed by atoms with E-state index < -0.39 is 15.5 Å². The van der Waals surface area contributed by atoms with Gasteiger partial charge in [-0.3, -0.25) is 4.79 Å². The molecule has 0 atom stereocenters. The molecule has 0 amide bonds. The van der Waals surface area contributed by atoms with Crippen LogP contribution in [0.5, 0.6) is 0 Å². The van der Waals surface area contributed by atoms with E-state index in [-0.39, 0.29) is 23.5 Å². The molecule has 6 nitrogen and oxygen atoms in total. The van der Waals surface area contributed by atoms with Crippen LogP contribution in [0.2, 0.25) is 0 Å². The molecule has 1 aliphatic rings. The van der Waals surface area contributed by atoms with Crippen LogP contribution in [-0.2, 0) is 10.0 Å². The van der Waals surface area contributed by atoms with Gasteiger partial charge in [0.1, 0.15) is 4.90 Å². The molecule has 0 radical (unpaired) electrons. The largest absolute Gasteiger partial charge is 0.396 e. The summed E-state index contributed by atoms with van der Waals surface area (Å²) in [4.78, 5) is 13.8. The number of aliphatic hydroxyl groups excluding tert-OH is 1. The summed E-state index contributed by atoms with van der Waals surface area (Å²) in [7, 11) is -3.78. The minimum Gasteiger partial charge on any atom is -0.396 e. The molecule has 2 rings (SSSR count). The lowest BCUT2D eigenvalue weighted by molar-refractivity contribution is 0.249. The molecule has 0 aliphatic heterocycles. The molecule has 1 aromatic heterocycles. The number of hydrogen-bond donors (Lipinski definition) is 3. The fraction of sp³-hybridized carbons (Fsp3) is 0.545. The Balaban J connectivity index is 2.09. The van der Waals surface area contributed by atoms with Gasteiger partial charge in [0, 0.05) is 31.6 Å². The van der Waals surface area contributed by atoms with E-state index in [1.165, 1.54) is 18.5 Å². The molecular weight excluding hydrogens is 256 g/mol. The molecule has 100 valence electrons. The van der Waals surface area contributed by atoms with Crippen molar-refractivity contribution in [2.24, 2.45) is 5.41 Å². The minimum absolute atomic E-state index is 0.0493. The van der Waals surface area contributed by atoms with E-state index in [0.717, 1.165) is 12.8 Å². The molecule has 0 bridgehead atoms. The van der Waals surface area contributed by atoms with Crippen molar-refractivity contribution >= 4 is 10.0 Å². The van der Waals surface area contributed by atoms with Crippen molar-refractivity contribution in [1.29, 1.82) is 0 Å². The smallest absolute Gasteiger partial charge is 0.245 e. The zero-order chi connectivity index (χ0) is 13.2. The SMILES string of the molecule is O=c1cc[nH]cc1S(=O)(=O)NCC1(CCO)CC1. The fourth-order valence-corrected chi connectivity index (χ4v) is 3.07. The van der Waals surface area contributed by atoms with Gasteiger partial charge in [0.25, 0.3) is 0 Å². The van der Waals surface area contributed by atoms with Gasteiger partial charge >= 0.3 is 0 Å². The Hall–Kier alpha value is -1.18. The van der Waals surface area contributed by atoms with E-state index in [1.54, 1.807) is 0 Å². The molecule has 3 N–H and O–H groups in total. The highest BCUT2D eigenvalue weighted by Crippen LogP contribution is 2.48. The standard InChI is InChI=1S/C11H16N2O4S/c14-6-4-11(2-3-11)8-13-18(16,17)10-7-12-5-1-9(10)15/h1,5,7,13-14H,2-4,6,8H2,(H,12,15). The molecule has 7 heteroatoms. The Morgan fingerprint density at radius 1 is 1.44 bits per heavy atom. The van der Waals surface area contributed by atoms with Gasteiger partial charge < -0.3 is 10.1 Å². The normalized spacial score (nSPS) is 17.6. The van der Waals surface area contributed by atoms with E-state index in [2.05, 4.69) is 9.71 Å². The Morgan fingerprint density at radius 3 is 2.72 bits per heavy atom. The third-order valence-corrected chi connectivity index (χ3v) is 4.74. The second-order valence-electron chi connectivity index (χ2n) is 4.67. The lowest BCUT2D eigenvalue weighted by Crippen LogP contribution is -2.33. The predicted octanol–water partition coefficient (Wildman–Crippen LogP) is -0.184. The van der Waals surface area contributed by atoms with Crippen LogP contribution in [-0.4, -0.2) is 31.7 Å². The van der Waals surface area contributed by atoms with Gasteiger partial charge in [-0.15, -0.1) is 0 Å². The summed E-state index contributed by atoms with van der Waals surface area (Å²) >= 11 is 0. The maximum absolute atomic E-state index is 11.9. The van der Waals surface area contributed by atoms with Crippen LogP contribution in [0.1, 0.15) is 19.3 Å². The minimum atomic E-state index is -3.78. The van der Waals surface area contributed by atoms with Crippen molar-refractivity contribution in [2.75, 3.05) is 13.2 Å². The first kappa shape index (κ1) is 13.3. The molecule has 0 saturated heterocycles. The molecule has 1 heterocycles. The third kappa shape index (κ3) is 2.80. The topological polar surface area (TPSA) is 99.3 Å². The van der Waals surface area contributed by atoms with E-state index in [1.807, 2.05) is 0 Å². The van der Waals surface area contributed by atoms with Crippen LogP contribution in [0.4, 0.5) is 0 Å². The van der Waals surface area contributed by atoms with Gasteiger partial charge in [-0.25, -0.2) is 13.1 Å². The summed E-state index contributed by atoms with van der Waals surface area (Å²) < 4.78 is 26.3. The number of nitrogens with one attached hydrogen (secondary N) is 2. The Labute approximate surface area is 105 Å². The summed E-state index contributed by atoms with van der Waals surface area (Å²) in [5.74, 6) is 0. The van der Waals surface area contributed by atoms with E-state index in [9.17, 15) is 13.2 Å². The first-order chi connectivity index (χ1) is 8.49. The van der Waals surface area contributed by atoms with Crippen molar-refractivity contribution < 1.29 is 13.5 Å². The molecule has 0 aromatic carbocycles. The highest BCUT2D eigenvalue weighted by atomic mass is 32.2. The number of hydrogen-bond acceptors (Lipinski definition) is 4. The second-order valence-corrected chi connectivity index (χ2v) is 6.41. The van der Waals surface area contributed by atoms with Crippen molar-refractivity contribution in [2.45, 2.75) is 24.2 Å². The summed E-state index contributed by atoms with van der Waals surface area (Å²) in [6.45, 7) is 0.317.